The minimum absolute atomic E-state index is 0.380. The molecule has 0 amide bonds. The number of hydrogen-bond donors (Lipinski definition) is 1. The lowest BCUT2D eigenvalue weighted by atomic mass is 9.86. The van der Waals surface area contributed by atoms with E-state index in [2.05, 4.69) is 44.4 Å². The molecule has 1 N–H and O–H groups in total. The summed E-state index contributed by atoms with van der Waals surface area (Å²) in [6.07, 6.45) is 3.64. The molecule has 0 saturated heterocycles. The van der Waals surface area contributed by atoms with E-state index in [9.17, 15) is 0 Å². The molecule has 0 spiro atoms. The van der Waals surface area contributed by atoms with Gasteiger partial charge in [0.2, 0.25) is 0 Å². The number of amidine groups is 1. The van der Waals surface area contributed by atoms with Crippen molar-refractivity contribution in [3.05, 3.63) is 29.3 Å². The molecule has 1 aromatic rings. The smallest absolute Gasteiger partial charge is 0.170 e. The Balaban J connectivity index is 2.20. The molecule has 14 heavy (non-hydrogen) atoms. The Bertz CT molecular complexity index is 412. The molecule has 1 unspecified atom stereocenters. The fraction of sp³-hybridized carbons (Fsp3) is 0.364. The number of halogens is 1. The van der Waals surface area contributed by atoms with Crippen LogP contribution < -0.4 is 5.32 Å². The van der Waals surface area contributed by atoms with Crippen LogP contribution in [0.2, 0.25) is 0 Å². The molecule has 1 aromatic carbocycles. The van der Waals surface area contributed by atoms with Crippen molar-refractivity contribution in [1.29, 1.82) is 0 Å². The lowest BCUT2D eigenvalue weighted by Gasteiger charge is -2.29. The van der Waals surface area contributed by atoms with Crippen LogP contribution in [0.3, 0.4) is 0 Å². The summed E-state index contributed by atoms with van der Waals surface area (Å²) in [5.41, 5.74) is 4.12. The van der Waals surface area contributed by atoms with E-state index in [0.29, 0.717) is 6.04 Å². The standard InChI is InChI=1S/C11H11BrN2/c12-11-13-8-5-1-3-7-4-2-6-9(14-11)10(7)8/h1,3,5,9H,2,4,6H2,(H,13,14). The second-order valence-electron chi connectivity index (χ2n) is 3.83. The number of benzene rings is 1. The van der Waals surface area contributed by atoms with Crippen molar-refractivity contribution in [3.63, 3.8) is 0 Å². The van der Waals surface area contributed by atoms with Crippen LogP contribution in [0, 0.1) is 0 Å². The Morgan fingerprint density at radius 3 is 3.29 bits per heavy atom. The van der Waals surface area contributed by atoms with Gasteiger partial charge in [-0.15, -0.1) is 0 Å². The van der Waals surface area contributed by atoms with Gasteiger partial charge in [-0.1, -0.05) is 12.1 Å². The van der Waals surface area contributed by atoms with Crippen molar-refractivity contribution in [2.75, 3.05) is 5.32 Å². The molecule has 0 fully saturated rings. The molecule has 1 atom stereocenters. The maximum absolute atomic E-state index is 4.58. The first-order valence-electron chi connectivity index (χ1n) is 4.97. The molecule has 1 aliphatic carbocycles. The van der Waals surface area contributed by atoms with Crippen molar-refractivity contribution in [3.8, 4) is 0 Å². The van der Waals surface area contributed by atoms with Gasteiger partial charge in [-0.05, 0) is 46.8 Å². The molecule has 0 saturated carbocycles. The topological polar surface area (TPSA) is 24.4 Å². The highest BCUT2D eigenvalue weighted by Crippen LogP contribution is 2.40. The predicted molar refractivity (Wildman–Crippen MR) is 62.1 cm³/mol. The van der Waals surface area contributed by atoms with Crippen LogP contribution in [0.15, 0.2) is 23.2 Å². The van der Waals surface area contributed by atoms with Crippen molar-refractivity contribution in [1.82, 2.24) is 0 Å². The molecule has 2 nitrogen and oxygen atoms in total. The van der Waals surface area contributed by atoms with Crippen LogP contribution in [-0.2, 0) is 6.42 Å². The van der Waals surface area contributed by atoms with Gasteiger partial charge < -0.3 is 5.32 Å². The highest BCUT2D eigenvalue weighted by atomic mass is 79.9. The SMILES string of the molecule is BrC1=NC2CCCc3cccc(c32)N1. The summed E-state index contributed by atoms with van der Waals surface area (Å²) >= 11 is 3.43. The van der Waals surface area contributed by atoms with Gasteiger partial charge in [0.15, 0.2) is 4.74 Å². The zero-order valence-corrected chi connectivity index (χ0v) is 9.34. The minimum Gasteiger partial charge on any atom is -0.334 e. The summed E-state index contributed by atoms with van der Waals surface area (Å²) < 4.78 is 0.869. The van der Waals surface area contributed by atoms with E-state index >= 15 is 0 Å². The quantitative estimate of drug-likeness (QED) is 0.703. The van der Waals surface area contributed by atoms with Crippen LogP contribution in [0.5, 0.6) is 0 Å². The number of aliphatic imine (C=N–C) groups is 1. The molecular weight excluding hydrogens is 240 g/mol. The number of rotatable bonds is 0. The average molecular weight is 251 g/mol. The summed E-state index contributed by atoms with van der Waals surface area (Å²) in [4.78, 5) is 4.58. The summed E-state index contributed by atoms with van der Waals surface area (Å²) in [5, 5.41) is 3.27. The highest BCUT2D eigenvalue weighted by Gasteiger charge is 2.25. The maximum Gasteiger partial charge on any atom is 0.170 e. The van der Waals surface area contributed by atoms with Crippen LogP contribution in [0.4, 0.5) is 5.69 Å². The average Bonchev–Trinajstić information content (AvgIpc) is 2.18. The molecule has 3 rings (SSSR count). The van der Waals surface area contributed by atoms with Crippen molar-refractivity contribution >= 4 is 26.4 Å². The first kappa shape index (κ1) is 8.48. The Labute approximate surface area is 91.6 Å². The summed E-state index contributed by atoms with van der Waals surface area (Å²) in [6, 6.07) is 6.86. The fourth-order valence-electron chi connectivity index (χ4n) is 2.37. The number of nitrogens with zero attached hydrogens (tertiary/aromatic N) is 1. The van der Waals surface area contributed by atoms with Gasteiger partial charge >= 0.3 is 0 Å². The van der Waals surface area contributed by atoms with Gasteiger partial charge in [0.05, 0.1) is 6.04 Å². The molecule has 0 bridgehead atoms. The molecular formula is C11H11BrN2. The van der Waals surface area contributed by atoms with Gasteiger partial charge in [-0.2, -0.15) is 0 Å². The molecule has 3 heteroatoms. The number of aryl methyl sites for hydroxylation is 1. The van der Waals surface area contributed by atoms with E-state index in [4.69, 9.17) is 0 Å². The van der Waals surface area contributed by atoms with E-state index in [1.807, 2.05) is 0 Å². The number of nitrogens with one attached hydrogen (secondary N) is 1. The first-order chi connectivity index (χ1) is 6.84. The third kappa shape index (κ3) is 1.19. The molecule has 0 radical (unpaired) electrons. The molecule has 0 aromatic heterocycles. The molecule has 1 aliphatic heterocycles. The van der Waals surface area contributed by atoms with Gasteiger partial charge in [-0.3, -0.25) is 4.99 Å². The number of hydrogen-bond acceptors (Lipinski definition) is 2. The highest BCUT2D eigenvalue weighted by molar-refractivity contribution is 9.18. The zero-order chi connectivity index (χ0) is 9.54. The van der Waals surface area contributed by atoms with E-state index in [1.165, 1.54) is 36.1 Å². The normalized spacial score (nSPS) is 23.5. The Hall–Kier alpha value is -0.830. The number of anilines is 1. The van der Waals surface area contributed by atoms with Gasteiger partial charge in [0.1, 0.15) is 0 Å². The van der Waals surface area contributed by atoms with Crippen LogP contribution in [0.1, 0.15) is 30.0 Å². The lowest BCUT2D eigenvalue weighted by Crippen LogP contribution is -2.19. The van der Waals surface area contributed by atoms with Crippen molar-refractivity contribution in [2.24, 2.45) is 4.99 Å². The molecule has 1 heterocycles. The second-order valence-corrected chi connectivity index (χ2v) is 4.58. The Morgan fingerprint density at radius 2 is 2.36 bits per heavy atom. The zero-order valence-electron chi connectivity index (χ0n) is 7.76. The largest absolute Gasteiger partial charge is 0.334 e. The summed E-state index contributed by atoms with van der Waals surface area (Å²) in [6.45, 7) is 0. The van der Waals surface area contributed by atoms with Crippen LogP contribution in [0.25, 0.3) is 0 Å². The summed E-state index contributed by atoms with van der Waals surface area (Å²) in [7, 11) is 0. The lowest BCUT2D eigenvalue weighted by molar-refractivity contribution is 0.572. The summed E-state index contributed by atoms with van der Waals surface area (Å²) in [5.74, 6) is 0. The monoisotopic (exact) mass is 250 g/mol. The Kier molecular flexibility index (Phi) is 1.87. The van der Waals surface area contributed by atoms with Gasteiger partial charge in [-0.25, -0.2) is 0 Å². The molecule has 72 valence electrons. The van der Waals surface area contributed by atoms with Gasteiger partial charge in [0, 0.05) is 11.3 Å². The minimum atomic E-state index is 0.380. The van der Waals surface area contributed by atoms with Crippen LogP contribution >= 0.6 is 15.9 Å². The third-order valence-corrected chi connectivity index (χ3v) is 3.36. The van der Waals surface area contributed by atoms with Crippen molar-refractivity contribution in [2.45, 2.75) is 25.3 Å². The van der Waals surface area contributed by atoms with E-state index < -0.39 is 0 Å². The molecule has 2 aliphatic rings. The Morgan fingerprint density at radius 1 is 1.43 bits per heavy atom. The first-order valence-corrected chi connectivity index (χ1v) is 5.76. The third-order valence-electron chi connectivity index (χ3n) is 2.96. The van der Waals surface area contributed by atoms with E-state index in [0.717, 1.165) is 4.74 Å². The van der Waals surface area contributed by atoms with E-state index in [1.54, 1.807) is 0 Å². The van der Waals surface area contributed by atoms with Crippen LogP contribution in [-0.4, -0.2) is 4.74 Å². The predicted octanol–water partition coefficient (Wildman–Crippen LogP) is 3.24. The van der Waals surface area contributed by atoms with E-state index in [-0.39, 0.29) is 0 Å². The van der Waals surface area contributed by atoms with Gasteiger partial charge in [0.25, 0.3) is 0 Å². The maximum atomic E-state index is 4.58. The fourth-order valence-corrected chi connectivity index (χ4v) is 2.83. The van der Waals surface area contributed by atoms with Crippen molar-refractivity contribution < 1.29 is 0 Å². The second kappa shape index (κ2) is 3.09.